The number of benzene rings is 9. The topological polar surface area (TPSA) is 16.4 Å². The van der Waals surface area contributed by atoms with Crippen molar-refractivity contribution in [3.63, 3.8) is 0 Å². The second-order valence-electron chi connectivity index (χ2n) is 12.7. The third-order valence-electron chi connectivity index (χ3n) is 9.63. The monoisotopic (exact) mass is 671 g/mol. The van der Waals surface area contributed by atoms with Crippen molar-refractivity contribution in [2.75, 3.05) is 4.90 Å². The third kappa shape index (κ3) is 5.12. The molecule has 10 aromatic rings. The molecule has 244 valence electrons. The summed E-state index contributed by atoms with van der Waals surface area (Å²) in [5.41, 5.74) is 4.29. The van der Waals surface area contributed by atoms with Crippen LogP contribution in [0.25, 0.3) is 76.9 Å². The molecule has 0 aliphatic heterocycles. The van der Waals surface area contributed by atoms with Crippen molar-refractivity contribution in [1.29, 1.82) is 0 Å². The summed E-state index contributed by atoms with van der Waals surface area (Å²) in [6, 6.07) is 44.3. The molecule has 2 nitrogen and oxygen atoms in total. The Hall–Kier alpha value is -6.90. The standard InChI is InChI=1S/C50H33NO/c1-3-14-42-34(10-1)12-7-17-44(42)36-22-28-39(29-23-36)51(40-30-24-37(25-31-40)45-18-8-13-35-11-2-4-15-43(35)45)41-32-26-38(27-33-41)46-19-9-20-48-47-16-5-6-21-49(47)52-50(46)48/h1-33H/i22D,23D,24D,25D,28D,29D,30D,31D. The lowest BCUT2D eigenvalue weighted by Crippen LogP contribution is -2.09. The molecule has 0 aliphatic carbocycles. The van der Waals surface area contributed by atoms with Crippen LogP contribution in [0.3, 0.4) is 0 Å². The van der Waals surface area contributed by atoms with Gasteiger partial charge in [0.1, 0.15) is 11.2 Å². The molecule has 0 spiro atoms. The maximum absolute atomic E-state index is 9.53. The summed E-state index contributed by atoms with van der Waals surface area (Å²) in [4.78, 5) is 1.34. The number of fused-ring (bicyclic) bond motifs is 5. The van der Waals surface area contributed by atoms with Crippen molar-refractivity contribution in [1.82, 2.24) is 0 Å². The van der Waals surface area contributed by atoms with E-state index in [2.05, 4.69) is 0 Å². The molecule has 0 radical (unpaired) electrons. The molecule has 1 aromatic heterocycles. The van der Waals surface area contributed by atoms with E-state index >= 15 is 0 Å². The van der Waals surface area contributed by atoms with Gasteiger partial charge in [-0.1, -0.05) is 158 Å². The van der Waals surface area contributed by atoms with Crippen LogP contribution in [0.4, 0.5) is 17.1 Å². The Kier molecular flexibility index (Phi) is 5.45. The van der Waals surface area contributed by atoms with E-state index in [9.17, 15) is 11.0 Å². The zero-order valence-corrected chi connectivity index (χ0v) is 27.8. The summed E-state index contributed by atoms with van der Waals surface area (Å²) < 4.78 is 82.0. The van der Waals surface area contributed by atoms with E-state index in [1.165, 1.54) is 4.90 Å². The molecular weight excluding hydrogens is 631 g/mol. The quantitative estimate of drug-likeness (QED) is 0.175. The van der Waals surface area contributed by atoms with Gasteiger partial charge in [0.2, 0.25) is 0 Å². The van der Waals surface area contributed by atoms with Gasteiger partial charge >= 0.3 is 0 Å². The highest BCUT2D eigenvalue weighted by Gasteiger charge is 2.16. The molecule has 0 atom stereocenters. The van der Waals surface area contributed by atoms with E-state index < -0.39 is 24.2 Å². The fourth-order valence-electron chi connectivity index (χ4n) is 7.13. The molecule has 0 aliphatic rings. The highest BCUT2D eigenvalue weighted by Crippen LogP contribution is 2.41. The summed E-state index contributed by atoms with van der Waals surface area (Å²) in [7, 11) is 0. The summed E-state index contributed by atoms with van der Waals surface area (Å²) in [6.07, 6.45) is 0. The van der Waals surface area contributed by atoms with Crippen LogP contribution in [-0.2, 0) is 0 Å². The third-order valence-corrected chi connectivity index (χ3v) is 9.63. The zero-order valence-electron chi connectivity index (χ0n) is 35.8. The van der Waals surface area contributed by atoms with Crippen molar-refractivity contribution in [2.45, 2.75) is 0 Å². The molecule has 10 rings (SSSR count). The Morgan fingerprint density at radius 1 is 0.346 bits per heavy atom. The highest BCUT2D eigenvalue weighted by atomic mass is 16.3. The molecule has 0 fully saturated rings. The van der Waals surface area contributed by atoms with Gasteiger partial charge in [-0.2, -0.15) is 0 Å². The average molecular weight is 672 g/mol. The second-order valence-corrected chi connectivity index (χ2v) is 12.7. The molecule has 0 N–H and O–H groups in total. The van der Waals surface area contributed by atoms with Crippen LogP contribution < -0.4 is 4.90 Å². The van der Waals surface area contributed by atoms with Crippen LogP contribution in [0, 0.1) is 0 Å². The minimum Gasteiger partial charge on any atom is -0.455 e. The lowest BCUT2D eigenvalue weighted by molar-refractivity contribution is 0.670. The average Bonchev–Trinajstić information content (AvgIpc) is 3.67. The lowest BCUT2D eigenvalue weighted by Gasteiger charge is -2.26. The van der Waals surface area contributed by atoms with Gasteiger partial charge in [0, 0.05) is 33.4 Å². The van der Waals surface area contributed by atoms with E-state index in [1.807, 2.05) is 127 Å². The van der Waals surface area contributed by atoms with Gasteiger partial charge < -0.3 is 9.32 Å². The van der Waals surface area contributed by atoms with Gasteiger partial charge in [-0.25, -0.2) is 0 Å². The van der Waals surface area contributed by atoms with E-state index in [4.69, 9.17) is 4.42 Å². The minimum atomic E-state index is -0.398. The molecule has 0 amide bonds. The number of nitrogens with zero attached hydrogens (tertiary/aromatic N) is 1. The smallest absolute Gasteiger partial charge is 0.143 e. The van der Waals surface area contributed by atoms with Crippen molar-refractivity contribution in [3.05, 3.63) is 200 Å². The summed E-state index contributed by atoms with van der Waals surface area (Å²) in [5.74, 6) is 0. The highest BCUT2D eigenvalue weighted by molar-refractivity contribution is 6.09. The first kappa shape index (κ1) is 22.7. The Bertz CT molecular complexity index is 3160. The predicted octanol–water partition coefficient (Wildman–Crippen LogP) is 14.4. The normalized spacial score (nSPS) is 13.6. The number of hydrogen-bond donors (Lipinski definition) is 0. The summed E-state index contributed by atoms with van der Waals surface area (Å²) in [6.45, 7) is 0. The molecule has 52 heavy (non-hydrogen) atoms. The van der Waals surface area contributed by atoms with Gasteiger partial charge in [-0.05, 0) is 91.7 Å². The number of rotatable bonds is 6. The first-order valence-corrected chi connectivity index (χ1v) is 17.1. The summed E-state index contributed by atoms with van der Waals surface area (Å²) in [5, 5.41) is 5.24. The van der Waals surface area contributed by atoms with E-state index in [1.54, 1.807) is 24.3 Å². The maximum Gasteiger partial charge on any atom is 0.143 e. The summed E-state index contributed by atoms with van der Waals surface area (Å²) >= 11 is 0. The Morgan fingerprint density at radius 3 is 1.40 bits per heavy atom. The van der Waals surface area contributed by atoms with Gasteiger partial charge in [0.25, 0.3) is 0 Å². The number of hydrogen-bond acceptors (Lipinski definition) is 2. The number of furan rings is 1. The van der Waals surface area contributed by atoms with Crippen molar-refractivity contribution in [3.8, 4) is 33.4 Å². The molecule has 2 heteroatoms. The molecule has 0 saturated heterocycles. The van der Waals surface area contributed by atoms with Gasteiger partial charge in [-0.3, -0.25) is 0 Å². The van der Waals surface area contributed by atoms with E-state index in [0.717, 1.165) is 49.0 Å². The molecular formula is C50H33NO. The van der Waals surface area contributed by atoms with Crippen molar-refractivity contribution in [2.24, 2.45) is 0 Å². The van der Waals surface area contributed by atoms with Gasteiger partial charge in [-0.15, -0.1) is 0 Å². The molecule has 0 unspecified atom stereocenters. The number of para-hydroxylation sites is 2. The second kappa shape index (κ2) is 12.5. The lowest BCUT2D eigenvalue weighted by atomic mass is 9.97. The van der Waals surface area contributed by atoms with Crippen molar-refractivity contribution >= 4 is 60.5 Å². The maximum atomic E-state index is 9.53. The fourth-order valence-corrected chi connectivity index (χ4v) is 7.13. The van der Waals surface area contributed by atoms with Crippen LogP contribution in [0.5, 0.6) is 0 Å². The predicted molar refractivity (Wildman–Crippen MR) is 220 cm³/mol. The number of anilines is 3. The molecule has 9 aromatic carbocycles. The van der Waals surface area contributed by atoms with Gasteiger partial charge in [0.15, 0.2) is 0 Å². The largest absolute Gasteiger partial charge is 0.455 e. The minimum absolute atomic E-state index is 0.116. The Labute approximate surface area is 313 Å². The van der Waals surface area contributed by atoms with Crippen LogP contribution >= 0.6 is 0 Å². The van der Waals surface area contributed by atoms with Crippen LogP contribution in [-0.4, -0.2) is 0 Å². The zero-order chi connectivity index (χ0) is 41.4. The first-order valence-electron chi connectivity index (χ1n) is 21.1. The Morgan fingerprint density at radius 2 is 0.808 bits per heavy atom. The van der Waals surface area contributed by atoms with Crippen LogP contribution in [0.2, 0.25) is 0 Å². The van der Waals surface area contributed by atoms with E-state index in [0.29, 0.717) is 22.4 Å². The van der Waals surface area contributed by atoms with Crippen LogP contribution in [0.15, 0.2) is 204 Å². The van der Waals surface area contributed by atoms with Gasteiger partial charge in [0.05, 0.1) is 11.0 Å². The van der Waals surface area contributed by atoms with Crippen molar-refractivity contribution < 1.29 is 15.4 Å². The Balaban J connectivity index is 1.21. The van der Waals surface area contributed by atoms with Crippen LogP contribution in [0.1, 0.15) is 11.0 Å². The molecule has 0 saturated carbocycles. The fraction of sp³-hybridized carbons (Fsp3) is 0. The van der Waals surface area contributed by atoms with E-state index in [-0.39, 0.29) is 46.7 Å². The molecule has 0 bridgehead atoms. The molecule has 1 heterocycles. The SMILES string of the molecule is [2H]c1c([2H])c(N(c2ccc(-c3cccc4c3oc3ccccc34)cc2)c2c([2H])c([2H])c(-c3cccc4ccccc34)c([2H])c2[2H])c([2H])c([2H])c1-c1cccc2ccccc12. The first-order chi connectivity index (χ1) is 29.1.